The molecule has 0 saturated carbocycles. The molecular formula is C7H16CaO2-2. The number of hydrogen-bond acceptors (Lipinski definition) is 1. The van der Waals surface area contributed by atoms with Crippen molar-refractivity contribution in [2.24, 2.45) is 0 Å². The molecule has 10 heavy (non-hydrogen) atoms. The van der Waals surface area contributed by atoms with Gasteiger partial charge >= 0.3 is 37.7 Å². The Morgan fingerprint density at radius 2 is 1.20 bits per heavy atom. The summed E-state index contributed by atoms with van der Waals surface area (Å²) in [5.41, 5.74) is 0. The molecule has 2 nitrogen and oxygen atoms in total. The molecule has 0 aromatic rings. The second-order valence-electron chi connectivity index (χ2n) is 1.59. The van der Waals surface area contributed by atoms with Gasteiger partial charge in [0.1, 0.15) is 0 Å². The van der Waals surface area contributed by atoms with Gasteiger partial charge in [-0.15, -0.1) is 0 Å². The zero-order chi connectivity index (χ0) is 6.28. The summed E-state index contributed by atoms with van der Waals surface area (Å²) in [6.45, 7) is 6.75. The van der Waals surface area contributed by atoms with Crippen molar-refractivity contribution >= 4 is 44.2 Å². The van der Waals surface area contributed by atoms with Crippen LogP contribution >= 0.6 is 0 Å². The Balaban J connectivity index is -0.0000000131. The summed E-state index contributed by atoms with van der Waals surface area (Å²) in [4.78, 5) is 8.24. The van der Waals surface area contributed by atoms with Crippen LogP contribution in [0, 0.1) is 20.8 Å². The van der Waals surface area contributed by atoms with E-state index in [1.165, 1.54) is 5.92 Å². The fourth-order valence-electron chi connectivity index (χ4n) is 0. The van der Waals surface area contributed by atoms with Gasteiger partial charge in [0, 0.05) is 0 Å². The Morgan fingerprint density at radius 1 is 1.20 bits per heavy atom. The standard InChI is InChI=1S/C4H9.CHO2.2CH3.Ca/c1-4(2)3;2-1-3;;;/h1-3H3;(H,2,3);2*1H3;/q4*-1;+2. The van der Waals surface area contributed by atoms with Crippen LogP contribution in [-0.2, 0) is 4.79 Å². The van der Waals surface area contributed by atoms with Crippen LogP contribution in [0.25, 0.3) is 0 Å². The average Bonchev–Trinajstić information content (AvgIpc) is 1.33. The van der Waals surface area contributed by atoms with E-state index in [-0.39, 0.29) is 52.6 Å². The van der Waals surface area contributed by atoms with Crippen LogP contribution in [0.5, 0.6) is 0 Å². The Labute approximate surface area is 95.0 Å². The fraction of sp³-hybridized carbons (Fsp3) is 0.429. The Kier molecular flexibility index (Phi) is 103. The maximum Gasteiger partial charge on any atom is 2.00 e. The summed E-state index contributed by atoms with van der Waals surface area (Å²) in [5, 5.41) is 6.76. The molecule has 0 aliphatic rings. The third kappa shape index (κ3) is 979. The Bertz CT molecular complexity index is 35.8. The van der Waals surface area contributed by atoms with E-state index >= 15 is 0 Å². The maximum absolute atomic E-state index is 8.24. The topological polar surface area (TPSA) is 37.3 Å². The Morgan fingerprint density at radius 3 is 1.20 bits per heavy atom. The molecule has 1 N–H and O–H groups in total. The second-order valence-corrected chi connectivity index (χ2v) is 1.59. The minimum atomic E-state index is 0. The van der Waals surface area contributed by atoms with Gasteiger partial charge in [-0.05, 0) is 0 Å². The molecule has 0 radical (unpaired) electrons. The van der Waals surface area contributed by atoms with E-state index in [0.717, 1.165) is 0 Å². The van der Waals surface area contributed by atoms with Gasteiger partial charge in [-0.3, -0.25) is 0 Å². The SMILES string of the molecule is C[C-](C)C.O=[C-]O.[CH3-].[CH3-].[Ca+2]. The van der Waals surface area contributed by atoms with Crippen molar-refractivity contribution in [2.75, 3.05) is 0 Å². The summed E-state index contributed by atoms with van der Waals surface area (Å²) in [7, 11) is 0. The van der Waals surface area contributed by atoms with Gasteiger partial charge in [0.15, 0.2) is 0 Å². The summed E-state index contributed by atoms with van der Waals surface area (Å²) in [6.07, 6.45) is 0. The molecular weight excluding hydrogens is 156 g/mol. The normalized spacial score (nSPS) is 4.80. The first-order valence-corrected chi connectivity index (χ1v) is 1.93. The first-order chi connectivity index (χ1) is 3.15. The molecule has 0 atom stereocenters. The molecule has 60 valence electrons. The number of rotatable bonds is 0. The second kappa shape index (κ2) is 33.1. The van der Waals surface area contributed by atoms with Crippen molar-refractivity contribution in [3.63, 3.8) is 0 Å². The van der Waals surface area contributed by atoms with Gasteiger partial charge in [0.25, 0.3) is 0 Å². The fourth-order valence-corrected chi connectivity index (χ4v) is 0. The minimum absolute atomic E-state index is 0. The van der Waals surface area contributed by atoms with Gasteiger partial charge < -0.3 is 30.7 Å². The van der Waals surface area contributed by atoms with E-state index in [1.54, 1.807) is 0 Å². The minimum Gasteiger partial charge on any atom is -0.665 e. The predicted molar refractivity (Wildman–Crippen MR) is 47.2 cm³/mol. The smallest absolute Gasteiger partial charge is 0.665 e. The van der Waals surface area contributed by atoms with Gasteiger partial charge in [0.05, 0.1) is 0 Å². The van der Waals surface area contributed by atoms with E-state index in [4.69, 9.17) is 9.90 Å². The van der Waals surface area contributed by atoms with Gasteiger partial charge in [0.2, 0.25) is 0 Å². The monoisotopic (exact) mass is 172 g/mol. The van der Waals surface area contributed by atoms with Gasteiger partial charge in [-0.2, -0.15) is 20.8 Å². The molecule has 0 rings (SSSR count). The molecule has 0 fully saturated rings. The van der Waals surface area contributed by atoms with Crippen LogP contribution in [0.2, 0.25) is 0 Å². The molecule has 0 aliphatic heterocycles. The summed E-state index contributed by atoms with van der Waals surface area (Å²) < 4.78 is 0. The zero-order valence-electron chi connectivity index (χ0n) is 7.56. The number of hydrogen-bond donors (Lipinski definition) is 1. The maximum atomic E-state index is 8.24. The predicted octanol–water partition coefficient (Wildman–Crippen LogP) is 1.75. The molecule has 0 unspecified atom stereocenters. The van der Waals surface area contributed by atoms with Crippen LogP contribution in [0.1, 0.15) is 20.8 Å². The van der Waals surface area contributed by atoms with E-state index < -0.39 is 0 Å². The Hall–Kier alpha value is 0.730. The summed E-state index contributed by atoms with van der Waals surface area (Å²) in [5.74, 6) is 1.42. The molecule has 0 amide bonds. The average molecular weight is 172 g/mol. The van der Waals surface area contributed by atoms with Crippen molar-refractivity contribution in [1.82, 2.24) is 0 Å². The van der Waals surface area contributed by atoms with Gasteiger partial charge in [-0.1, -0.05) is 6.47 Å². The molecule has 0 aliphatic carbocycles. The molecule has 0 spiro atoms. The van der Waals surface area contributed by atoms with Crippen molar-refractivity contribution in [3.05, 3.63) is 20.8 Å². The summed E-state index contributed by atoms with van der Waals surface area (Å²) in [6, 6.07) is 0. The molecule has 0 aromatic heterocycles. The third-order valence-corrected chi connectivity index (χ3v) is 0. The largest absolute Gasteiger partial charge is 2.00 e. The van der Waals surface area contributed by atoms with Crippen LogP contribution < -0.4 is 0 Å². The van der Waals surface area contributed by atoms with Crippen LogP contribution in [0.4, 0.5) is 0 Å². The first kappa shape index (κ1) is 30.9. The van der Waals surface area contributed by atoms with E-state index in [9.17, 15) is 0 Å². The summed E-state index contributed by atoms with van der Waals surface area (Å²) >= 11 is 0. The van der Waals surface area contributed by atoms with E-state index in [0.29, 0.717) is 6.47 Å². The molecule has 0 bridgehead atoms. The molecule has 0 saturated heterocycles. The molecule has 0 aromatic carbocycles. The number of aliphatic hydroxyl groups excluding tert-OH is 1. The zero-order valence-corrected chi connectivity index (χ0v) is 9.77. The van der Waals surface area contributed by atoms with E-state index in [1.807, 2.05) is 0 Å². The van der Waals surface area contributed by atoms with Crippen LogP contribution in [0.15, 0.2) is 0 Å². The quantitative estimate of drug-likeness (QED) is 0.446. The van der Waals surface area contributed by atoms with Crippen LogP contribution in [-0.4, -0.2) is 49.3 Å². The van der Waals surface area contributed by atoms with Gasteiger partial charge in [-0.25, -0.2) is 0 Å². The third-order valence-electron chi connectivity index (χ3n) is 0. The molecule has 0 heterocycles. The first-order valence-electron chi connectivity index (χ1n) is 1.93. The van der Waals surface area contributed by atoms with Crippen molar-refractivity contribution < 1.29 is 9.90 Å². The van der Waals surface area contributed by atoms with Crippen molar-refractivity contribution in [3.8, 4) is 0 Å². The van der Waals surface area contributed by atoms with E-state index in [2.05, 4.69) is 20.8 Å². The van der Waals surface area contributed by atoms with Crippen molar-refractivity contribution in [1.29, 1.82) is 0 Å². The molecule has 3 heteroatoms. The van der Waals surface area contributed by atoms with Crippen LogP contribution in [0.3, 0.4) is 0 Å². The van der Waals surface area contributed by atoms with Crippen molar-refractivity contribution in [2.45, 2.75) is 20.8 Å².